The molecular weight excluding hydrogens is 236 g/mol. The van der Waals surface area contributed by atoms with Crippen LogP contribution >= 0.6 is 11.6 Å². The second-order valence-corrected chi connectivity index (χ2v) is 5.56. The van der Waals surface area contributed by atoms with E-state index in [1.807, 2.05) is 39.0 Å². The standard InChI is InChI=1S/C13H19ClN2O/c1-13(2,3)11(15)12(17)16-8-9-6-4-5-7-10(9)14/h4-7,11H,8,15H2,1-3H3,(H,16,17)/t11-/m1/s1. The van der Waals surface area contributed by atoms with E-state index in [-0.39, 0.29) is 11.3 Å². The van der Waals surface area contributed by atoms with Crippen LogP contribution in [0.1, 0.15) is 26.3 Å². The Bertz CT molecular complexity index is 399. The first-order valence-corrected chi connectivity index (χ1v) is 5.97. The van der Waals surface area contributed by atoms with Crippen molar-refractivity contribution >= 4 is 17.5 Å². The van der Waals surface area contributed by atoms with Gasteiger partial charge in [0.25, 0.3) is 0 Å². The van der Waals surface area contributed by atoms with E-state index in [1.54, 1.807) is 6.07 Å². The summed E-state index contributed by atoms with van der Waals surface area (Å²) in [4.78, 5) is 11.8. The second kappa shape index (κ2) is 5.52. The van der Waals surface area contributed by atoms with E-state index in [0.29, 0.717) is 11.6 Å². The van der Waals surface area contributed by atoms with Gasteiger partial charge in [0.05, 0.1) is 6.04 Å². The molecule has 0 saturated carbocycles. The quantitative estimate of drug-likeness (QED) is 0.870. The maximum Gasteiger partial charge on any atom is 0.237 e. The number of amides is 1. The van der Waals surface area contributed by atoms with Gasteiger partial charge < -0.3 is 11.1 Å². The van der Waals surface area contributed by atoms with Gasteiger partial charge in [-0.3, -0.25) is 4.79 Å². The van der Waals surface area contributed by atoms with Crippen LogP contribution in [0.25, 0.3) is 0 Å². The Balaban J connectivity index is 2.58. The van der Waals surface area contributed by atoms with Gasteiger partial charge in [-0.05, 0) is 17.0 Å². The van der Waals surface area contributed by atoms with Gasteiger partial charge >= 0.3 is 0 Å². The summed E-state index contributed by atoms with van der Waals surface area (Å²) in [6, 6.07) is 6.90. The van der Waals surface area contributed by atoms with Gasteiger partial charge in [-0.15, -0.1) is 0 Å². The largest absolute Gasteiger partial charge is 0.351 e. The van der Waals surface area contributed by atoms with E-state index in [2.05, 4.69) is 5.32 Å². The highest BCUT2D eigenvalue weighted by molar-refractivity contribution is 6.31. The Morgan fingerprint density at radius 2 is 2.00 bits per heavy atom. The average molecular weight is 255 g/mol. The Hall–Kier alpha value is -1.06. The normalized spacial score (nSPS) is 13.2. The van der Waals surface area contributed by atoms with Gasteiger partial charge in [0.1, 0.15) is 0 Å². The second-order valence-electron chi connectivity index (χ2n) is 5.15. The zero-order valence-electron chi connectivity index (χ0n) is 10.5. The van der Waals surface area contributed by atoms with Crippen molar-refractivity contribution in [1.82, 2.24) is 5.32 Å². The average Bonchev–Trinajstić information content (AvgIpc) is 2.25. The summed E-state index contributed by atoms with van der Waals surface area (Å²) in [5.74, 6) is -0.155. The lowest BCUT2D eigenvalue weighted by Crippen LogP contribution is -2.48. The molecule has 0 aliphatic heterocycles. The number of hydrogen-bond acceptors (Lipinski definition) is 2. The van der Waals surface area contributed by atoms with Crippen LogP contribution in [-0.2, 0) is 11.3 Å². The molecule has 0 aromatic heterocycles. The zero-order chi connectivity index (χ0) is 13.1. The molecule has 0 heterocycles. The Labute approximate surface area is 107 Å². The number of hydrogen-bond donors (Lipinski definition) is 2. The summed E-state index contributed by atoms with van der Waals surface area (Å²) in [6.07, 6.45) is 0. The van der Waals surface area contributed by atoms with Crippen LogP contribution in [0, 0.1) is 5.41 Å². The Kier molecular flexibility index (Phi) is 4.54. The third-order valence-electron chi connectivity index (χ3n) is 2.63. The number of nitrogens with two attached hydrogens (primary N) is 1. The molecular formula is C13H19ClN2O. The van der Waals surface area contributed by atoms with Crippen molar-refractivity contribution in [3.63, 3.8) is 0 Å². The fraction of sp³-hybridized carbons (Fsp3) is 0.462. The lowest BCUT2D eigenvalue weighted by molar-refractivity contribution is -0.124. The molecule has 4 heteroatoms. The van der Waals surface area contributed by atoms with E-state index in [4.69, 9.17) is 17.3 Å². The molecule has 0 aliphatic rings. The summed E-state index contributed by atoms with van der Waals surface area (Å²) in [7, 11) is 0. The topological polar surface area (TPSA) is 55.1 Å². The summed E-state index contributed by atoms with van der Waals surface area (Å²) < 4.78 is 0. The molecule has 17 heavy (non-hydrogen) atoms. The van der Waals surface area contributed by atoms with Gasteiger partial charge in [0.15, 0.2) is 0 Å². The number of nitrogens with one attached hydrogen (secondary N) is 1. The van der Waals surface area contributed by atoms with Crippen molar-refractivity contribution in [3.8, 4) is 0 Å². The van der Waals surface area contributed by atoms with E-state index >= 15 is 0 Å². The molecule has 0 unspecified atom stereocenters. The predicted octanol–water partition coefficient (Wildman–Crippen LogP) is 2.33. The SMILES string of the molecule is CC(C)(C)[C@H](N)C(=O)NCc1ccccc1Cl. The maximum absolute atomic E-state index is 11.8. The van der Waals surface area contributed by atoms with E-state index < -0.39 is 6.04 Å². The molecule has 94 valence electrons. The van der Waals surface area contributed by atoms with Crippen molar-refractivity contribution in [2.24, 2.45) is 11.1 Å². The summed E-state index contributed by atoms with van der Waals surface area (Å²) >= 11 is 5.99. The zero-order valence-corrected chi connectivity index (χ0v) is 11.2. The number of benzene rings is 1. The molecule has 1 rings (SSSR count). The molecule has 0 saturated heterocycles. The van der Waals surface area contributed by atoms with Crippen molar-refractivity contribution in [2.45, 2.75) is 33.4 Å². The number of carbonyl (C=O) groups excluding carboxylic acids is 1. The highest BCUT2D eigenvalue weighted by atomic mass is 35.5. The highest BCUT2D eigenvalue weighted by Crippen LogP contribution is 2.18. The van der Waals surface area contributed by atoms with Crippen LogP contribution in [0.5, 0.6) is 0 Å². The van der Waals surface area contributed by atoms with Gasteiger partial charge in [-0.25, -0.2) is 0 Å². The molecule has 1 atom stereocenters. The van der Waals surface area contributed by atoms with Crippen LogP contribution in [-0.4, -0.2) is 11.9 Å². The number of halogens is 1. The van der Waals surface area contributed by atoms with Crippen LogP contribution in [0.3, 0.4) is 0 Å². The van der Waals surface area contributed by atoms with Crippen molar-refractivity contribution in [1.29, 1.82) is 0 Å². The third-order valence-corrected chi connectivity index (χ3v) is 3.00. The van der Waals surface area contributed by atoms with E-state index in [1.165, 1.54) is 0 Å². The van der Waals surface area contributed by atoms with Crippen molar-refractivity contribution in [2.75, 3.05) is 0 Å². The lowest BCUT2D eigenvalue weighted by Gasteiger charge is -2.25. The van der Waals surface area contributed by atoms with Gasteiger partial charge in [-0.2, -0.15) is 0 Å². The fourth-order valence-corrected chi connectivity index (χ4v) is 1.53. The van der Waals surface area contributed by atoms with E-state index in [9.17, 15) is 4.79 Å². The van der Waals surface area contributed by atoms with E-state index in [0.717, 1.165) is 5.56 Å². The van der Waals surface area contributed by atoms with Crippen molar-refractivity contribution in [3.05, 3.63) is 34.9 Å². The smallest absolute Gasteiger partial charge is 0.237 e. The first-order chi connectivity index (χ1) is 7.82. The molecule has 1 aromatic rings. The summed E-state index contributed by atoms with van der Waals surface area (Å²) in [6.45, 7) is 6.22. The molecule has 0 bridgehead atoms. The Morgan fingerprint density at radius 1 is 1.41 bits per heavy atom. The molecule has 3 N–H and O–H groups in total. The number of rotatable bonds is 3. The highest BCUT2D eigenvalue weighted by Gasteiger charge is 2.27. The molecule has 0 radical (unpaired) electrons. The molecule has 0 aliphatic carbocycles. The minimum Gasteiger partial charge on any atom is -0.351 e. The molecule has 0 spiro atoms. The minimum atomic E-state index is -0.523. The predicted molar refractivity (Wildman–Crippen MR) is 70.7 cm³/mol. The summed E-state index contributed by atoms with van der Waals surface area (Å²) in [5.41, 5.74) is 6.50. The minimum absolute atomic E-state index is 0.155. The van der Waals surface area contributed by atoms with Crippen LogP contribution in [0.4, 0.5) is 0 Å². The molecule has 1 aromatic carbocycles. The fourth-order valence-electron chi connectivity index (χ4n) is 1.33. The summed E-state index contributed by atoms with van der Waals surface area (Å²) in [5, 5.41) is 3.45. The first kappa shape index (κ1) is 14.0. The molecule has 0 fully saturated rings. The number of carbonyl (C=O) groups is 1. The lowest BCUT2D eigenvalue weighted by atomic mass is 9.87. The van der Waals surface area contributed by atoms with Crippen LogP contribution in [0.2, 0.25) is 5.02 Å². The monoisotopic (exact) mass is 254 g/mol. The van der Waals surface area contributed by atoms with Crippen LogP contribution in [0.15, 0.2) is 24.3 Å². The van der Waals surface area contributed by atoms with Crippen molar-refractivity contribution < 1.29 is 4.79 Å². The van der Waals surface area contributed by atoms with Gasteiger partial charge in [0, 0.05) is 11.6 Å². The Morgan fingerprint density at radius 3 is 2.53 bits per heavy atom. The molecule has 1 amide bonds. The van der Waals surface area contributed by atoms with Crippen LogP contribution < -0.4 is 11.1 Å². The molecule has 3 nitrogen and oxygen atoms in total. The van der Waals surface area contributed by atoms with Gasteiger partial charge in [-0.1, -0.05) is 50.6 Å². The maximum atomic E-state index is 11.8. The first-order valence-electron chi connectivity index (χ1n) is 5.59. The third kappa shape index (κ3) is 4.02. The van der Waals surface area contributed by atoms with Gasteiger partial charge in [0.2, 0.25) is 5.91 Å².